The highest BCUT2D eigenvalue weighted by Gasteiger charge is 2.32. The van der Waals surface area contributed by atoms with Crippen molar-refractivity contribution < 1.29 is 23.8 Å². The zero-order chi connectivity index (χ0) is 25.8. The molecule has 3 amide bonds. The van der Waals surface area contributed by atoms with E-state index in [1.807, 2.05) is 29.2 Å². The average Bonchev–Trinajstić information content (AvgIpc) is 2.83. The van der Waals surface area contributed by atoms with Gasteiger partial charge >= 0.3 is 12.1 Å². The molecule has 3 N–H and O–H groups in total. The van der Waals surface area contributed by atoms with Crippen molar-refractivity contribution in [2.45, 2.75) is 45.6 Å². The van der Waals surface area contributed by atoms with Crippen LogP contribution >= 0.6 is 11.6 Å². The smallest absolute Gasteiger partial charge is 0.406 e. The molecule has 0 radical (unpaired) electrons. The maximum atomic E-state index is 13.1. The maximum Gasteiger partial charge on any atom is 0.406 e. The Hall–Kier alpha value is -2.07. The van der Waals surface area contributed by atoms with E-state index in [0.717, 1.165) is 31.2 Å². The first-order valence-electron chi connectivity index (χ1n) is 12.2. The number of methoxy groups -OCH3 is 2. The number of hydrazine groups is 1. The molecule has 1 aromatic carbocycles. The van der Waals surface area contributed by atoms with Gasteiger partial charge in [0.05, 0.1) is 26.4 Å². The van der Waals surface area contributed by atoms with Crippen LogP contribution in [0.15, 0.2) is 24.3 Å². The molecule has 9 nitrogen and oxygen atoms in total. The first-order valence-corrected chi connectivity index (χ1v) is 12.5. The van der Waals surface area contributed by atoms with Crippen LogP contribution in [0.1, 0.15) is 51.2 Å². The number of rotatable bonds is 12. The van der Waals surface area contributed by atoms with E-state index in [2.05, 4.69) is 23.9 Å². The molecule has 0 aliphatic carbocycles. The SMILES string of the molecule is COCC(C)(C)CCCN(N)C(=O)N1CCCC(C(OCCNC(=O)OC)c2cccc(Cl)c2)C1. The monoisotopic (exact) mass is 512 g/mol. The van der Waals surface area contributed by atoms with Gasteiger partial charge in [0.2, 0.25) is 0 Å². The van der Waals surface area contributed by atoms with Crippen molar-refractivity contribution in [1.29, 1.82) is 0 Å². The van der Waals surface area contributed by atoms with Gasteiger partial charge < -0.3 is 24.4 Å². The Kier molecular flexibility index (Phi) is 12.1. The Morgan fingerprint density at radius 2 is 2.11 bits per heavy atom. The molecule has 2 rings (SSSR count). The molecule has 1 saturated heterocycles. The molecule has 198 valence electrons. The van der Waals surface area contributed by atoms with Crippen molar-refractivity contribution in [2.75, 3.05) is 53.6 Å². The Balaban J connectivity index is 1.99. The van der Waals surface area contributed by atoms with Crippen LogP contribution in [0.4, 0.5) is 9.59 Å². The van der Waals surface area contributed by atoms with Crippen molar-refractivity contribution in [3.05, 3.63) is 34.9 Å². The van der Waals surface area contributed by atoms with Crippen LogP contribution in [0, 0.1) is 11.3 Å². The summed E-state index contributed by atoms with van der Waals surface area (Å²) >= 11 is 6.25. The summed E-state index contributed by atoms with van der Waals surface area (Å²) < 4.78 is 16.1. The Morgan fingerprint density at radius 1 is 1.34 bits per heavy atom. The van der Waals surface area contributed by atoms with E-state index in [1.165, 1.54) is 12.1 Å². The molecule has 1 aliphatic heterocycles. The first kappa shape index (κ1) is 29.2. The first-order chi connectivity index (χ1) is 16.7. The molecular weight excluding hydrogens is 472 g/mol. The van der Waals surface area contributed by atoms with Crippen LogP contribution in [0.25, 0.3) is 0 Å². The highest BCUT2D eigenvalue weighted by atomic mass is 35.5. The fourth-order valence-corrected chi connectivity index (χ4v) is 4.70. The second-order valence-corrected chi connectivity index (χ2v) is 10.2. The van der Waals surface area contributed by atoms with Gasteiger partial charge in [-0.1, -0.05) is 37.6 Å². The third-order valence-corrected chi connectivity index (χ3v) is 6.46. The van der Waals surface area contributed by atoms with Gasteiger partial charge in [0.25, 0.3) is 0 Å². The van der Waals surface area contributed by atoms with Gasteiger partial charge in [0, 0.05) is 44.2 Å². The van der Waals surface area contributed by atoms with Crippen LogP contribution in [-0.4, -0.2) is 75.6 Å². The third kappa shape index (κ3) is 9.83. The number of nitrogens with two attached hydrogens (primary N) is 1. The summed E-state index contributed by atoms with van der Waals surface area (Å²) in [6, 6.07) is 7.40. The van der Waals surface area contributed by atoms with Gasteiger partial charge in [0.1, 0.15) is 0 Å². The van der Waals surface area contributed by atoms with E-state index in [-0.39, 0.29) is 23.5 Å². The number of hydrogen-bond donors (Lipinski definition) is 2. The zero-order valence-corrected chi connectivity index (χ0v) is 22.2. The minimum atomic E-state index is -0.504. The fourth-order valence-electron chi connectivity index (χ4n) is 4.50. The molecule has 1 fully saturated rings. The molecule has 10 heteroatoms. The van der Waals surface area contributed by atoms with Crippen molar-refractivity contribution in [3.8, 4) is 0 Å². The van der Waals surface area contributed by atoms with E-state index >= 15 is 0 Å². The number of benzene rings is 1. The van der Waals surface area contributed by atoms with Crippen LogP contribution in [-0.2, 0) is 14.2 Å². The van der Waals surface area contributed by atoms with Gasteiger partial charge in [-0.3, -0.25) is 5.01 Å². The lowest BCUT2D eigenvalue weighted by molar-refractivity contribution is -0.0107. The molecular formula is C25H41ClN4O5. The molecule has 0 spiro atoms. The molecule has 0 aromatic heterocycles. The molecule has 1 aliphatic rings. The number of urea groups is 1. The number of nitrogens with one attached hydrogen (secondary N) is 1. The lowest BCUT2D eigenvalue weighted by atomic mass is 9.88. The zero-order valence-electron chi connectivity index (χ0n) is 21.4. The van der Waals surface area contributed by atoms with Gasteiger partial charge in [-0.05, 0) is 48.8 Å². The minimum Gasteiger partial charge on any atom is -0.453 e. The number of halogens is 1. The second-order valence-electron chi connectivity index (χ2n) is 9.79. The highest BCUT2D eigenvalue weighted by Crippen LogP contribution is 2.34. The Bertz CT molecular complexity index is 810. The summed E-state index contributed by atoms with van der Waals surface area (Å²) in [5, 5.41) is 4.57. The normalized spacial score (nSPS) is 17.1. The predicted molar refractivity (Wildman–Crippen MR) is 136 cm³/mol. The minimum absolute atomic E-state index is 0.0408. The predicted octanol–water partition coefficient (Wildman–Crippen LogP) is 4.21. The summed E-state index contributed by atoms with van der Waals surface area (Å²) in [6.45, 7) is 7.25. The maximum absolute atomic E-state index is 13.1. The Labute approximate surface area is 214 Å². The summed E-state index contributed by atoms with van der Waals surface area (Å²) in [4.78, 5) is 26.2. The molecule has 0 saturated carbocycles. The van der Waals surface area contributed by atoms with Gasteiger partial charge in [-0.15, -0.1) is 0 Å². The van der Waals surface area contributed by atoms with Crippen LogP contribution in [0.3, 0.4) is 0 Å². The Morgan fingerprint density at radius 3 is 2.80 bits per heavy atom. The van der Waals surface area contributed by atoms with Crippen LogP contribution in [0.2, 0.25) is 5.02 Å². The van der Waals surface area contributed by atoms with Crippen LogP contribution < -0.4 is 11.2 Å². The van der Waals surface area contributed by atoms with Crippen LogP contribution in [0.5, 0.6) is 0 Å². The molecule has 2 atom stereocenters. The summed E-state index contributed by atoms with van der Waals surface area (Å²) in [5.74, 6) is 6.22. The highest BCUT2D eigenvalue weighted by molar-refractivity contribution is 6.30. The molecule has 1 aromatic rings. The summed E-state index contributed by atoms with van der Waals surface area (Å²) in [5.41, 5.74) is 0.985. The number of nitrogens with zero attached hydrogens (tertiary/aromatic N) is 2. The van der Waals surface area contributed by atoms with Crippen molar-refractivity contribution in [2.24, 2.45) is 17.2 Å². The molecule has 0 bridgehead atoms. The number of alkyl carbamates (subject to hydrolysis) is 1. The van der Waals surface area contributed by atoms with Crippen molar-refractivity contribution in [1.82, 2.24) is 15.2 Å². The largest absolute Gasteiger partial charge is 0.453 e. The number of ether oxygens (including phenoxy) is 3. The van der Waals surface area contributed by atoms with E-state index in [4.69, 9.17) is 26.9 Å². The second kappa shape index (κ2) is 14.5. The van der Waals surface area contributed by atoms with E-state index in [0.29, 0.717) is 44.4 Å². The number of likely N-dealkylation sites (tertiary alicyclic amines) is 1. The topological polar surface area (TPSA) is 106 Å². The molecule has 35 heavy (non-hydrogen) atoms. The molecule has 1 heterocycles. The lowest BCUT2D eigenvalue weighted by Gasteiger charge is -2.38. The standard InChI is InChI=1S/C25H41ClN4O5/c1-25(2,18-33-3)11-7-14-30(27)24(32)29-13-6-9-20(17-29)22(19-8-5-10-21(26)16-19)35-15-12-28-23(31)34-4/h5,8,10,16,20,22H,6-7,9,11-15,17-18,27H2,1-4H3,(H,28,31). The number of amides is 3. The number of carbonyl (C=O) groups excluding carboxylic acids is 2. The summed E-state index contributed by atoms with van der Waals surface area (Å²) in [7, 11) is 3.02. The number of piperidine rings is 1. The lowest BCUT2D eigenvalue weighted by Crippen LogP contribution is -2.51. The van der Waals surface area contributed by atoms with E-state index in [9.17, 15) is 9.59 Å². The van der Waals surface area contributed by atoms with Gasteiger partial charge in [-0.2, -0.15) is 0 Å². The third-order valence-electron chi connectivity index (χ3n) is 6.22. The number of hydrogen-bond acceptors (Lipinski definition) is 6. The quantitative estimate of drug-likeness (QED) is 0.188. The van der Waals surface area contributed by atoms with Gasteiger partial charge in [0.15, 0.2) is 0 Å². The average molecular weight is 513 g/mol. The van der Waals surface area contributed by atoms with Crippen molar-refractivity contribution >= 4 is 23.7 Å². The van der Waals surface area contributed by atoms with E-state index in [1.54, 1.807) is 7.11 Å². The van der Waals surface area contributed by atoms with Gasteiger partial charge in [-0.25, -0.2) is 15.4 Å². The van der Waals surface area contributed by atoms with Crippen molar-refractivity contribution in [3.63, 3.8) is 0 Å². The number of carbonyl (C=O) groups is 2. The fraction of sp³-hybridized carbons (Fsp3) is 0.680. The summed E-state index contributed by atoms with van der Waals surface area (Å²) in [6.07, 6.45) is 2.69. The van der Waals surface area contributed by atoms with E-state index < -0.39 is 6.09 Å². The molecule has 2 unspecified atom stereocenters.